The topological polar surface area (TPSA) is 43.8 Å². The van der Waals surface area contributed by atoms with Crippen LogP contribution in [0.2, 0.25) is 0 Å². The van der Waals surface area contributed by atoms with Crippen molar-refractivity contribution in [1.29, 1.82) is 0 Å². The highest BCUT2D eigenvalue weighted by Gasteiger charge is 2.02. The normalized spacial score (nSPS) is 10.2. The molecule has 2 aromatic rings. The van der Waals surface area contributed by atoms with Crippen molar-refractivity contribution in [1.82, 2.24) is 9.78 Å². The standard InChI is InChI=1S/C9H8FN3/c10-7-2-3-8(11)9(6-7)13-5-1-4-12-13/h1-6H,11H2. The van der Waals surface area contributed by atoms with Crippen LogP contribution < -0.4 is 5.73 Å². The monoisotopic (exact) mass is 177 g/mol. The van der Waals surface area contributed by atoms with Crippen LogP contribution >= 0.6 is 0 Å². The second-order valence-electron chi connectivity index (χ2n) is 2.65. The average Bonchev–Trinajstić information content (AvgIpc) is 2.61. The Morgan fingerprint density at radius 2 is 2.23 bits per heavy atom. The van der Waals surface area contributed by atoms with Crippen molar-refractivity contribution < 1.29 is 4.39 Å². The van der Waals surface area contributed by atoms with E-state index in [1.54, 1.807) is 18.5 Å². The largest absolute Gasteiger partial charge is 0.397 e. The number of aromatic nitrogens is 2. The molecule has 2 N–H and O–H groups in total. The number of hydrogen-bond acceptors (Lipinski definition) is 2. The van der Waals surface area contributed by atoms with Gasteiger partial charge in [0.05, 0.1) is 11.4 Å². The van der Waals surface area contributed by atoms with Crippen LogP contribution in [-0.4, -0.2) is 9.78 Å². The predicted octanol–water partition coefficient (Wildman–Crippen LogP) is 1.59. The Morgan fingerprint density at radius 1 is 1.38 bits per heavy atom. The van der Waals surface area contributed by atoms with Crippen LogP contribution in [0.25, 0.3) is 5.69 Å². The molecule has 0 unspecified atom stereocenters. The lowest BCUT2D eigenvalue weighted by Crippen LogP contribution is -2.00. The molecule has 0 radical (unpaired) electrons. The highest BCUT2D eigenvalue weighted by atomic mass is 19.1. The average molecular weight is 177 g/mol. The van der Waals surface area contributed by atoms with Crippen LogP contribution in [0.5, 0.6) is 0 Å². The van der Waals surface area contributed by atoms with E-state index in [0.717, 1.165) is 0 Å². The molecule has 0 atom stereocenters. The van der Waals surface area contributed by atoms with Crippen LogP contribution in [0, 0.1) is 5.82 Å². The molecule has 2 rings (SSSR count). The lowest BCUT2D eigenvalue weighted by Gasteiger charge is -2.04. The number of nitrogens with two attached hydrogens (primary N) is 1. The predicted molar refractivity (Wildman–Crippen MR) is 47.9 cm³/mol. The molecule has 0 saturated carbocycles. The van der Waals surface area contributed by atoms with Crippen molar-refractivity contribution in [2.24, 2.45) is 0 Å². The molecule has 1 aromatic heterocycles. The highest BCUT2D eigenvalue weighted by molar-refractivity contribution is 5.57. The third-order valence-electron chi connectivity index (χ3n) is 1.74. The molecule has 0 amide bonds. The fourth-order valence-corrected chi connectivity index (χ4v) is 1.13. The summed E-state index contributed by atoms with van der Waals surface area (Å²) < 4.78 is 14.4. The summed E-state index contributed by atoms with van der Waals surface area (Å²) in [5.74, 6) is -0.320. The van der Waals surface area contributed by atoms with Gasteiger partial charge in [-0.1, -0.05) is 0 Å². The van der Waals surface area contributed by atoms with Crippen molar-refractivity contribution in [2.75, 3.05) is 5.73 Å². The second kappa shape index (κ2) is 2.90. The van der Waals surface area contributed by atoms with E-state index in [9.17, 15) is 4.39 Å². The fourth-order valence-electron chi connectivity index (χ4n) is 1.13. The van der Waals surface area contributed by atoms with Crippen LogP contribution in [0.15, 0.2) is 36.7 Å². The van der Waals surface area contributed by atoms with Gasteiger partial charge in [-0.2, -0.15) is 5.10 Å². The number of anilines is 1. The van der Waals surface area contributed by atoms with Gasteiger partial charge in [-0.3, -0.25) is 0 Å². The van der Waals surface area contributed by atoms with Gasteiger partial charge in [0, 0.05) is 18.5 Å². The highest BCUT2D eigenvalue weighted by Crippen LogP contribution is 2.16. The maximum absolute atomic E-state index is 12.8. The van der Waals surface area contributed by atoms with Gasteiger partial charge in [-0.25, -0.2) is 9.07 Å². The molecule has 0 spiro atoms. The third kappa shape index (κ3) is 1.38. The molecular formula is C9H8FN3. The molecule has 0 aliphatic heterocycles. The van der Waals surface area contributed by atoms with Gasteiger partial charge in [0.15, 0.2) is 0 Å². The molecule has 0 aliphatic rings. The van der Waals surface area contributed by atoms with E-state index in [1.807, 2.05) is 0 Å². The molecule has 0 fully saturated rings. The van der Waals surface area contributed by atoms with Gasteiger partial charge >= 0.3 is 0 Å². The zero-order chi connectivity index (χ0) is 9.26. The van der Waals surface area contributed by atoms with E-state index in [1.165, 1.54) is 22.9 Å². The number of benzene rings is 1. The Labute approximate surface area is 74.6 Å². The van der Waals surface area contributed by atoms with E-state index in [-0.39, 0.29) is 5.82 Å². The van der Waals surface area contributed by atoms with Crippen molar-refractivity contribution >= 4 is 5.69 Å². The minimum absolute atomic E-state index is 0.320. The molecule has 0 saturated heterocycles. The van der Waals surface area contributed by atoms with E-state index < -0.39 is 0 Å². The SMILES string of the molecule is Nc1ccc(F)cc1-n1cccn1. The molecular weight excluding hydrogens is 169 g/mol. The number of rotatable bonds is 1. The van der Waals surface area contributed by atoms with E-state index in [4.69, 9.17) is 5.73 Å². The summed E-state index contributed by atoms with van der Waals surface area (Å²) in [5.41, 5.74) is 6.72. The molecule has 3 nitrogen and oxygen atoms in total. The Kier molecular flexibility index (Phi) is 1.73. The third-order valence-corrected chi connectivity index (χ3v) is 1.74. The lowest BCUT2D eigenvalue weighted by atomic mass is 10.2. The molecule has 0 aliphatic carbocycles. The molecule has 1 heterocycles. The number of halogens is 1. The first kappa shape index (κ1) is 7.79. The zero-order valence-electron chi connectivity index (χ0n) is 6.81. The van der Waals surface area contributed by atoms with E-state index >= 15 is 0 Å². The van der Waals surface area contributed by atoms with Gasteiger partial charge in [0.2, 0.25) is 0 Å². The summed E-state index contributed by atoms with van der Waals surface area (Å²) in [7, 11) is 0. The van der Waals surface area contributed by atoms with Gasteiger partial charge in [-0.15, -0.1) is 0 Å². The first-order valence-electron chi connectivity index (χ1n) is 3.82. The summed E-state index contributed by atoms with van der Waals surface area (Å²) in [5, 5.41) is 3.96. The maximum Gasteiger partial charge on any atom is 0.125 e. The first-order valence-corrected chi connectivity index (χ1v) is 3.82. The molecule has 0 bridgehead atoms. The van der Waals surface area contributed by atoms with Crippen LogP contribution in [-0.2, 0) is 0 Å². The van der Waals surface area contributed by atoms with Crippen molar-refractivity contribution in [3.63, 3.8) is 0 Å². The number of nitrogens with zero attached hydrogens (tertiary/aromatic N) is 2. The summed E-state index contributed by atoms with van der Waals surface area (Å²) in [6.07, 6.45) is 3.33. The Hall–Kier alpha value is -1.84. The van der Waals surface area contributed by atoms with E-state index in [2.05, 4.69) is 5.10 Å². The van der Waals surface area contributed by atoms with Gasteiger partial charge in [0.25, 0.3) is 0 Å². The van der Waals surface area contributed by atoms with Crippen molar-refractivity contribution in [2.45, 2.75) is 0 Å². The van der Waals surface area contributed by atoms with E-state index in [0.29, 0.717) is 11.4 Å². The molecule has 66 valence electrons. The smallest absolute Gasteiger partial charge is 0.125 e. The maximum atomic E-state index is 12.8. The van der Waals surface area contributed by atoms with Crippen LogP contribution in [0.3, 0.4) is 0 Å². The Balaban J connectivity index is 2.57. The van der Waals surface area contributed by atoms with Crippen LogP contribution in [0.4, 0.5) is 10.1 Å². The molecule has 13 heavy (non-hydrogen) atoms. The molecule has 4 heteroatoms. The summed E-state index contributed by atoms with van der Waals surface area (Å²) in [4.78, 5) is 0. The molecule has 1 aromatic carbocycles. The first-order chi connectivity index (χ1) is 6.27. The van der Waals surface area contributed by atoms with Crippen molar-refractivity contribution in [3.05, 3.63) is 42.5 Å². The van der Waals surface area contributed by atoms with Crippen molar-refractivity contribution in [3.8, 4) is 5.69 Å². The number of nitrogen functional groups attached to an aromatic ring is 1. The lowest BCUT2D eigenvalue weighted by molar-refractivity contribution is 0.626. The minimum Gasteiger partial charge on any atom is -0.397 e. The summed E-state index contributed by atoms with van der Waals surface area (Å²) >= 11 is 0. The fraction of sp³-hybridized carbons (Fsp3) is 0. The van der Waals surface area contributed by atoms with Gasteiger partial charge < -0.3 is 5.73 Å². The van der Waals surface area contributed by atoms with Gasteiger partial charge in [-0.05, 0) is 18.2 Å². The summed E-state index contributed by atoms with van der Waals surface area (Å²) in [6.45, 7) is 0. The Bertz CT molecular complexity index is 409. The quantitative estimate of drug-likeness (QED) is 0.672. The Morgan fingerprint density at radius 3 is 2.92 bits per heavy atom. The second-order valence-corrected chi connectivity index (χ2v) is 2.65. The minimum atomic E-state index is -0.320. The van der Waals surface area contributed by atoms with Crippen LogP contribution in [0.1, 0.15) is 0 Å². The van der Waals surface area contributed by atoms with Gasteiger partial charge in [0.1, 0.15) is 5.82 Å². The summed E-state index contributed by atoms with van der Waals surface area (Å²) in [6, 6.07) is 5.95. The zero-order valence-corrected chi connectivity index (χ0v) is 6.81. The number of hydrogen-bond donors (Lipinski definition) is 1.